The number of likely N-dealkylation sites (tertiary alicyclic amines) is 1. The maximum atomic E-state index is 12.4. The standard InChI is InChI=1S/C15H22N2O4/c1-16-14(19)11-6-7-12(15(20)21)17(9-11)13(18)8-10-4-2-3-5-10/h8,11-12H,2-7,9H2,1H3,(H,16,19)(H,20,21)/t11-,12-/m0/s1. The van der Waals surface area contributed by atoms with Gasteiger partial charge in [0.05, 0.1) is 5.92 Å². The molecule has 0 spiro atoms. The lowest BCUT2D eigenvalue weighted by Gasteiger charge is -2.36. The van der Waals surface area contributed by atoms with Crippen LogP contribution >= 0.6 is 0 Å². The van der Waals surface area contributed by atoms with Crippen molar-refractivity contribution >= 4 is 17.8 Å². The van der Waals surface area contributed by atoms with Gasteiger partial charge in [-0.15, -0.1) is 0 Å². The number of carbonyl (C=O) groups excluding carboxylic acids is 2. The van der Waals surface area contributed by atoms with E-state index < -0.39 is 12.0 Å². The summed E-state index contributed by atoms with van der Waals surface area (Å²) in [7, 11) is 1.55. The summed E-state index contributed by atoms with van der Waals surface area (Å²) in [6, 6.07) is -0.823. The largest absolute Gasteiger partial charge is 0.480 e. The number of rotatable bonds is 3. The zero-order valence-corrected chi connectivity index (χ0v) is 12.3. The third kappa shape index (κ3) is 3.62. The Morgan fingerprint density at radius 3 is 2.48 bits per heavy atom. The van der Waals surface area contributed by atoms with E-state index in [2.05, 4.69) is 5.32 Å². The van der Waals surface area contributed by atoms with Gasteiger partial charge in [0.2, 0.25) is 11.8 Å². The normalized spacial score (nSPS) is 25.6. The van der Waals surface area contributed by atoms with Crippen LogP contribution < -0.4 is 5.32 Å². The SMILES string of the molecule is CNC(=O)[C@H]1CC[C@@H](C(=O)O)N(C(=O)C=C2CCCC2)C1. The van der Waals surface area contributed by atoms with Crippen molar-refractivity contribution in [3.8, 4) is 0 Å². The second-order valence-electron chi connectivity index (χ2n) is 5.74. The summed E-state index contributed by atoms with van der Waals surface area (Å²) in [6.07, 6.45) is 6.39. The Balaban J connectivity index is 2.13. The molecule has 1 saturated heterocycles. The molecule has 2 N–H and O–H groups in total. The highest BCUT2D eigenvalue weighted by atomic mass is 16.4. The maximum absolute atomic E-state index is 12.4. The lowest BCUT2D eigenvalue weighted by Crippen LogP contribution is -2.52. The van der Waals surface area contributed by atoms with Gasteiger partial charge in [0.15, 0.2) is 0 Å². The summed E-state index contributed by atoms with van der Waals surface area (Å²) >= 11 is 0. The molecule has 0 unspecified atom stereocenters. The lowest BCUT2D eigenvalue weighted by molar-refractivity contribution is -0.152. The molecule has 0 aromatic rings. The molecule has 6 heteroatoms. The van der Waals surface area contributed by atoms with Crippen LogP contribution in [0.3, 0.4) is 0 Å². The Labute approximate surface area is 124 Å². The molecule has 0 bridgehead atoms. The summed E-state index contributed by atoms with van der Waals surface area (Å²) in [6.45, 7) is 0.180. The van der Waals surface area contributed by atoms with Crippen LogP contribution in [0.25, 0.3) is 0 Å². The number of allylic oxidation sites excluding steroid dienone is 1. The van der Waals surface area contributed by atoms with Gasteiger partial charge in [-0.05, 0) is 38.5 Å². The number of carbonyl (C=O) groups is 3. The zero-order valence-electron chi connectivity index (χ0n) is 12.3. The number of nitrogens with one attached hydrogen (secondary N) is 1. The van der Waals surface area contributed by atoms with Crippen molar-refractivity contribution < 1.29 is 19.5 Å². The van der Waals surface area contributed by atoms with E-state index in [-0.39, 0.29) is 24.3 Å². The summed E-state index contributed by atoms with van der Waals surface area (Å²) < 4.78 is 0. The van der Waals surface area contributed by atoms with Gasteiger partial charge in [-0.25, -0.2) is 4.79 Å². The fourth-order valence-electron chi connectivity index (χ4n) is 3.12. The van der Waals surface area contributed by atoms with Crippen molar-refractivity contribution in [3.63, 3.8) is 0 Å². The van der Waals surface area contributed by atoms with Gasteiger partial charge in [0.1, 0.15) is 6.04 Å². The minimum Gasteiger partial charge on any atom is -0.480 e. The minimum absolute atomic E-state index is 0.134. The van der Waals surface area contributed by atoms with Crippen molar-refractivity contribution in [2.24, 2.45) is 5.92 Å². The third-order valence-electron chi connectivity index (χ3n) is 4.34. The van der Waals surface area contributed by atoms with Gasteiger partial charge in [-0.2, -0.15) is 0 Å². The van der Waals surface area contributed by atoms with E-state index in [1.165, 1.54) is 4.90 Å². The van der Waals surface area contributed by atoms with Gasteiger partial charge in [-0.1, -0.05) is 5.57 Å². The maximum Gasteiger partial charge on any atom is 0.326 e. The average Bonchev–Trinajstić information content (AvgIpc) is 2.98. The Morgan fingerprint density at radius 1 is 1.24 bits per heavy atom. The predicted octanol–water partition coefficient (Wildman–Crippen LogP) is 0.925. The van der Waals surface area contributed by atoms with Gasteiger partial charge < -0.3 is 15.3 Å². The molecular weight excluding hydrogens is 272 g/mol. The van der Waals surface area contributed by atoms with E-state index in [9.17, 15) is 19.5 Å². The van der Waals surface area contributed by atoms with Crippen LogP contribution in [-0.2, 0) is 14.4 Å². The van der Waals surface area contributed by atoms with Crippen LogP contribution in [-0.4, -0.2) is 47.4 Å². The molecule has 2 atom stereocenters. The fraction of sp³-hybridized carbons (Fsp3) is 0.667. The van der Waals surface area contributed by atoms with Crippen molar-refractivity contribution in [2.75, 3.05) is 13.6 Å². The number of nitrogens with zero attached hydrogens (tertiary/aromatic N) is 1. The van der Waals surface area contributed by atoms with Crippen LogP contribution in [0.5, 0.6) is 0 Å². The highest BCUT2D eigenvalue weighted by Crippen LogP contribution is 2.26. The zero-order chi connectivity index (χ0) is 15.4. The van der Waals surface area contributed by atoms with E-state index in [1.807, 2.05) is 0 Å². The number of hydrogen-bond acceptors (Lipinski definition) is 3. The van der Waals surface area contributed by atoms with Crippen LogP contribution in [0, 0.1) is 5.92 Å². The molecule has 1 aliphatic heterocycles. The monoisotopic (exact) mass is 294 g/mol. The summed E-state index contributed by atoms with van der Waals surface area (Å²) in [5, 5.41) is 11.9. The highest BCUT2D eigenvalue weighted by molar-refractivity contribution is 5.92. The first kappa shape index (κ1) is 15.5. The fourth-order valence-corrected chi connectivity index (χ4v) is 3.12. The molecular formula is C15H22N2O4. The van der Waals surface area contributed by atoms with Gasteiger partial charge >= 0.3 is 5.97 Å². The second kappa shape index (κ2) is 6.74. The highest BCUT2D eigenvalue weighted by Gasteiger charge is 2.37. The number of aliphatic carboxylic acids is 1. The molecule has 2 amide bonds. The predicted molar refractivity (Wildman–Crippen MR) is 76.5 cm³/mol. The topological polar surface area (TPSA) is 86.7 Å². The molecule has 6 nitrogen and oxygen atoms in total. The van der Waals surface area contributed by atoms with E-state index in [1.54, 1.807) is 13.1 Å². The van der Waals surface area contributed by atoms with Gasteiger partial charge in [-0.3, -0.25) is 9.59 Å². The summed E-state index contributed by atoms with van der Waals surface area (Å²) in [5.41, 5.74) is 1.09. The molecule has 0 aromatic heterocycles. The van der Waals surface area contributed by atoms with E-state index in [4.69, 9.17) is 0 Å². The molecule has 1 saturated carbocycles. The Hall–Kier alpha value is -1.85. The van der Waals surface area contributed by atoms with Crippen molar-refractivity contribution in [1.29, 1.82) is 0 Å². The summed E-state index contributed by atoms with van der Waals surface area (Å²) in [5.74, 6) is -1.72. The second-order valence-corrected chi connectivity index (χ2v) is 5.74. The van der Waals surface area contributed by atoms with E-state index >= 15 is 0 Å². The first-order valence-corrected chi connectivity index (χ1v) is 7.47. The molecule has 1 heterocycles. The number of carboxylic acids is 1. The van der Waals surface area contributed by atoms with Gasteiger partial charge in [0.25, 0.3) is 0 Å². The van der Waals surface area contributed by atoms with E-state index in [0.717, 1.165) is 31.3 Å². The van der Waals surface area contributed by atoms with Crippen LogP contribution in [0.4, 0.5) is 0 Å². The molecule has 2 fully saturated rings. The van der Waals surface area contributed by atoms with E-state index in [0.29, 0.717) is 12.8 Å². The van der Waals surface area contributed by atoms with Gasteiger partial charge in [0, 0.05) is 19.7 Å². The average molecular weight is 294 g/mol. The van der Waals surface area contributed by atoms with Crippen LogP contribution in [0.1, 0.15) is 38.5 Å². The minimum atomic E-state index is -0.997. The Morgan fingerprint density at radius 2 is 1.90 bits per heavy atom. The molecule has 21 heavy (non-hydrogen) atoms. The first-order chi connectivity index (χ1) is 10.0. The number of hydrogen-bond donors (Lipinski definition) is 2. The smallest absolute Gasteiger partial charge is 0.326 e. The molecule has 116 valence electrons. The molecule has 2 aliphatic rings. The quantitative estimate of drug-likeness (QED) is 0.758. The van der Waals surface area contributed by atoms with Crippen molar-refractivity contribution in [1.82, 2.24) is 10.2 Å². The first-order valence-electron chi connectivity index (χ1n) is 7.47. The van der Waals surface area contributed by atoms with Crippen molar-refractivity contribution in [2.45, 2.75) is 44.6 Å². The number of carboxylic acid groups (broad SMARTS) is 1. The number of piperidine rings is 1. The van der Waals surface area contributed by atoms with Crippen LogP contribution in [0.15, 0.2) is 11.6 Å². The number of amides is 2. The van der Waals surface area contributed by atoms with Crippen molar-refractivity contribution in [3.05, 3.63) is 11.6 Å². The molecule has 2 rings (SSSR count). The Bertz CT molecular complexity index is 464. The molecule has 1 aliphatic carbocycles. The molecule has 0 radical (unpaired) electrons. The molecule has 0 aromatic carbocycles. The third-order valence-corrected chi connectivity index (χ3v) is 4.34. The Kier molecular flexibility index (Phi) is 4.98. The van der Waals surface area contributed by atoms with Crippen LogP contribution in [0.2, 0.25) is 0 Å². The summed E-state index contributed by atoms with van der Waals surface area (Å²) in [4.78, 5) is 36.8. The lowest BCUT2D eigenvalue weighted by atomic mass is 9.91.